The van der Waals surface area contributed by atoms with Crippen molar-refractivity contribution in [2.45, 2.75) is 12.8 Å². The number of nitrogens with two attached hydrogens (primary N) is 1. The molecule has 1 atom stereocenters. The summed E-state index contributed by atoms with van der Waals surface area (Å²) in [5.74, 6) is -1.78. The van der Waals surface area contributed by atoms with E-state index in [4.69, 9.17) is 15.2 Å². The Balaban J connectivity index is 2.28. The molecule has 8 nitrogen and oxygen atoms in total. The lowest BCUT2D eigenvalue weighted by molar-refractivity contribution is -0.139. The van der Waals surface area contributed by atoms with Crippen molar-refractivity contribution in [2.75, 3.05) is 6.61 Å². The number of hydrogen-bond donors (Lipinski definition) is 3. The van der Waals surface area contributed by atoms with E-state index in [2.05, 4.69) is 9.97 Å². The summed E-state index contributed by atoms with van der Waals surface area (Å²) in [4.78, 5) is 40.7. The van der Waals surface area contributed by atoms with Crippen molar-refractivity contribution in [1.82, 2.24) is 9.97 Å². The second-order valence-corrected chi connectivity index (χ2v) is 5.10. The molecule has 0 amide bonds. The van der Waals surface area contributed by atoms with Gasteiger partial charge in [-0.05, 0) is 12.5 Å². The van der Waals surface area contributed by atoms with Crippen molar-refractivity contribution in [3.63, 3.8) is 0 Å². The van der Waals surface area contributed by atoms with Crippen LogP contribution in [0.4, 0.5) is 0 Å². The number of hydrogen-bond acceptors (Lipinski definition) is 6. The third-order valence-electron chi connectivity index (χ3n) is 3.63. The average molecular weight is 329 g/mol. The summed E-state index contributed by atoms with van der Waals surface area (Å²) in [6.07, 6.45) is 0. The van der Waals surface area contributed by atoms with E-state index >= 15 is 0 Å². The van der Waals surface area contributed by atoms with Crippen molar-refractivity contribution >= 4 is 5.97 Å². The normalized spacial score (nSPS) is 16.3. The number of esters is 1. The largest absolute Gasteiger partial charge is 0.462 e. The highest BCUT2D eigenvalue weighted by atomic mass is 16.5. The first-order chi connectivity index (χ1) is 11.5. The number of carbonyl (C=O) groups is 1. The monoisotopic (exact) mass is 329 g/mol. The lowest BCUT2D eigenvalue weighted by atomic mass is 9.84. The number of benzene rings is 1. The summed E-state index contributed by atoms with van der Waals surface area (Å²) in [6.45, 7) is 1.81. The van der Waals surface area contributed by atoms with Gasteiger partial charge in [0.05, 0.1) is 18.1 Å². The van der Waals surface area contributed by atoms with Crippen LogP contribution in [0.25, 0.3) is 0 Å². The number of rotatable bonds is 3. The maximum atomic E-state index is 12.4. The van der Waals surface area contributed by atoms with Gasteiger partial charge in [-0.2, -0.15) is 0 Å². The molecular formula is C16H15N3O5. The molecule has 0 radical (unpaired) electrons. The standard InChI is InChI=1S/C16H15N3O5/c1-2-23-15(21)10-9(8-6-4-3-5-7-8)11-13(20)18-16(22)19-14(11)24-12(10)17/h3-7,9H,2,17H2,1H3,(H2,18,19,20,22)/t9-/m1/s1. The fourth-order valence-electron chi connectivity index (χ4n) is 2.68. The van der Waals surface area contributed by atoms with Crippen molar-refractivity contribution < 1.29 is 14.3 Å². The van der Waals surface area contributed by atoms with Crippen LogP contribution >= 0.6 is 0 Å². The van der Waals surface area contributed by atoms with Crippen molar-refractivity contribution in [2.24, 2.45) is 5.73 Å². The maximum absolute atomic E-state index is 12.4. The van der Waals surface area contributed by atoms with Crippen LogP contribution in [0.3, 0.4) is 0 Å². The molecule has 1 aliphatic heterocycles. The Bertz CT molecular complexity index is 927. The number of aromatic nitrogens is 2. The lowest BCUT2D eigenvalue weighted by Gasteiger charge is -2.26. The Morgan fingerprint density at radius 1 is 1.25 bits per heavy atom. The number of nitrogens with one attached hydrogen (secondary N) is 2. The van der Waals surface area contributed by atoms with Gasteiger partial charge in [0, 0.05) is 0 Å². The van der Waals surface area contributed by atoms with Gasteiger partial charge in [-0.15, -0.1) is 0 Å². The third-order valence-corrected chi connectivity index (χ3v) is 3.63. The molecule has 1 aliphatic rings. The van der Waals surface area contributed by atoms with Crippen LogP contribution in [0.5, 0.6) is 5.88 Å². The van der Waals surface area contributed by atoms with Gasteiger partial charge in [0.15, 0.2) is 0 Å². The second kappa shape index (κ2) is 6.07. The molecule has 124 valence electrons. The zero-order valence-electron chi connectivity index (χ0n) is 12.8. The molecule has 4 N–H and O–H groups in total. The van der Waals surface area contributed by atoms with Crippen molar-refractivity contribution in [3.8, 4) is 5.88 Å². The molecule has 8 heteroatoms. The predicted molar refractivity (Wildman–Crippen MR) is 84.4 cm³/mol. The van der Waals surface area contributed by atoms with Gasteiger partial charge in [0.25, 0.3) is 5.56 Å². The molecule has 1 aromatic heterocycles. The summed E-state index contributed by atoms with van der Waals surface area (Å²) in [6, 6.07) is 8.83. The van der Waals surface area contributed by atoms with Gasteiger partial charge >= 0.3 is 11.7 Å². The molecule has 2 heterocycles. The highest BCUT2D eigenvalue weighted by Gasteiger charge is 2.38. The van der Waals surface area contributed by atoms with Crippen LogP contribution in [-0.4, -0.2) is 22.5 Å². The van der Waals surface area contributed by atoms with E-state index in [0.717, 1.165) is 0 Å². The summed E-state index contributed by atoms with van der Waals surface area (Å²) in [5, 5.41) is 0. The van der Waals surface area contributed by atoms with E-state index in [-0.39, 0.29) is 29.5 Å². The highest BCUT2D eigenvalue weighted by Crippen LogP contribution is 2.39. The quantitative estimate of drug-likeness (QED) is 0.696. The molecule has 0 unspecified atom stereocenters. The molecule has 2 aromatic rings. The number of ether oxygens (including phenoxy) is 2. The van der Waals surface area contributed by atoms with E-state index in [1.165, 1.54) is 0 Å². The van der Waals surface area contributed by atoms with Crippen LogP contribution in [0.15, 0.2) is 51.4 Å². The average Bonchev–Trinajstić information content (AvgIpc) is 2.54. The highest BCUT2D eigenvalue weighted by molar-refractivity contribution is 5.92. The molecule has 3 rings (SSSR count). The summed E-state index contributed by atoms with van der Waals surface area (Å²) in [5.41, 5.74) is 5.26. The predicted octanol–water partition coefficient (Wildman–Crippen LogP) is 0.321. The topological polar surface area (TPSA) is 127 Å². The molecule has 0 saturated carbocycles. The SMILES string of the molecule is CCOC(=O)C1=C(N)Oc2[nH]c(=O)[nH]c(=O)c2[C@@H]1c1ccccc1. The molecule has 0 saturated heterocycles. The molecule has 1 aromatic carbocycles. The minimum atomic E-state index is -0.811. The molecular weight excluding hydrogens is 314 g/mol. The Morgan fingerprint density at radius 3 is 2.62 bits per heavy atom. The van der Waals surface area contributed by atoms with Crippen molar-refractivity contribution in [1.29, 1.82) is 0 Å². The van der Waals surface area contributed by atoms with E-state index in [1.807, 2.05) is 0 Å². The van der Waals surface area contributed by atoms with E-state index in [0.29, 0.717) is 5.56 Å². The van der Waals surface area contributed by atoms with Gasteiger partial charge in [-0.3, -0.25) is 14.8 Å². The fourth-order valence-corrected chi connectivity index (χ4v) is 2.68. The van der Waals surface area contributed by atoms with Crippen LogP contribution < -0.4 is 21.7 Å². The van der Waals surface area contributed by atoms with Gasteiger partial charge in [-0.25, -0.2) is 9.59 Å². The minimum absolute atomic E-state index is 0.0214. The maximum Gasteiger partial charge on any atom is 0.340 e. The lowest BCUT2D eigenvalue weighted by Crippen LogP contribution is -2.35. The first-order valence-corrected chi connectivity index (χ1v) is 7.29. The number of fused-ring (bicyclic) bond motifs is 1. The number of aromatic amines is 2. The summed E-state index contributed by atoms with van der Waals surface area (Å²) >= 11 is 0. The zero-order valence-corrected chi connectivity index (χ0v) is 12.8. The van der Waals surface area contributed by atoms with Gasteiger partial charge in [-0.1, -0.05) is 30.3 Å². The van der Waals surface area contributed by atoms with Crippen LogP contribution in [0.1, 0.15) is 24.0 Å². The smallest absolute Gasteiger partial charge is 0.340 e. The first kappa shape index (κ1) is 15.6. The first-order valence-electron chi connectivity index (χ1n) is 7.29. The molecule has 0 spiro atoms. The van der Waals surface area contributed by atoms with E-state index in [1.54, 1.807) is 37.3 Å². The van der Waals surface area contributed by atoms with Gasteiger partial charge in [0.1, 0.15) is 5.57 Å². The summed E-state index contributed by atoms with van der Waals surface area (Å²) in [7, 11) is 0. The Kier molecular flexibility index (Phi) is 3.95. The number of H-pyrrole nitrogens is 2. The van der Waals surface area contributed by atoms with E-state index < -0.39 is 23.1 Å². The summed E-state index contributed by atoms with van der Waals surface area (Å²) < 4.78 is 10.3. The Labute approximate surface area is 135 Å². The Morgan fingerprint density at radius 2 is 1.96 bits per heavy atom. The molecule has 0 aliphatic carbocycles. The fraction of sp³-hybridized carbons (Fsp3) is 0.188. The van der Waals surface area contributed by atoms with Crippen LogP contribution in [0.2, 0.25) is 0 Å². The minimum Gasteiger partial charge on any atom is -0.462 e. The van der Waals surface area contributed by atoms with Crippen LogP contribution in [0, 0.1) is 0 Å². The van der Waals surface area contributed by atoms with Crippen molar-refractivity contribution in [3.05, 3.63) is 73.8 Å². The third kappa shape index (κ3) is 2.58. The zero-order chi connectivity index (χ0) is 17.3. The van der Waals surface area contributed by atoms with Gasteiger partial charge < -0.3 is 15.2 Å². The van der Waals surface area contributed by atoms with Crippen LogP contribution in [-0.2, 0) is 9.53 Å². The molecule has 0 fully saturated rings. The van der Waals surface area contributed by atoms with Gasteiger partial charge in [0.2, 0.25) is 11.8 Å². The molecule has 24 heavy (non-hydrogen) atoms. The number of carbonyl (C=O) groups excluding carboxylic acids is 1. The second-order valence-electron chi connectivity index (χ2n) is 5.10. The van der Waals surface area contributed by atoms with E-state index in [9.17, 15) is 14.4 Å². The molecule has 0 bridgehead atoms. The Hall–Kier alpha value is -3.29.